The standard InChI is InChI=1S/C17H17ClN2O2/c1-11(19)12-6-7-16-15(8-12)20(17(21)10-22-16)9-13-4-2-3-5-14(13)18/h2-8,11H,9-10,19H2,1H3. The lowest BCUT2D eigenvalue weighted by Gasteiger charge is -2.30. The van der Waals surface area contributed by atoms with Crippen LogP contribution >= 0.6 is 11.6 Å². The molecule has 4 nitrogen and oxygen atoms in total. The molecule has 1 aliphatic rings. The van der Waals surface area contributed by atoms with E-state index in [1.54, 1.807) is 4.90 Å². The predicted octanol–water partition coefficient (Wildman–Crippen LogP) is 3.29. The number of hydrogen-bond donors (Lipinski definition) is 1. The summed E-state index contributed by atoms with van der Waals surface area (Å²) in [7, 11) is 0. The Labute approximate surface area is 134 Å². The first-order chi connectivity index (χ1) is 10.6. The summed E-state index contributed by atoms with van der Waals surface area (Å²) in [5, 5.41) is 0.645. The van der Waals surface area contributed by atoms with E-state index in [-0.39, 0.29) is 18.6 Å². The van der Waals surface area contributed by atoms with Crippen LogP contribution in [0.1, 0.15) is 24.1 Å². The molecule has 0 saturated heterocycles. The number of rotatable bonds is 3. The van der Waals surface area contributed by atoms with Crippen LogP contribution in [0.5, 0.6) is 5.75 Å². The summed E-state index contributed by atoms with van der Waals surface area (Å²) in [6.45, 7) is 2.36. The molecular formula is C17H17ClN2O2. The van der Waals surface area contributed by atoms with Gasteiger partial charge in [0.25, 0.3) is 5.91 Å². The molecule has 2 N–H and O–H groups in total. The van der Waals surface area contributed by atoms with E-state index >= 15 is 0 Å². The van der Waals surface area contributed by atoms with Gasteiger partial charge in [0.15, 0.2) is 6.61 Å². The van der Waals surface area contributed by atoms with E-state index in [1.165, 1.54) is 0 Å². The Balaban J connectivity index is 2.00. The van der Waals surface area contributed by atoms with Gasteiger partial charge in [-0.1, -0.05) is 35.9 Å². The van der Waals surface area contributed by atoms with E-state index in [2.05, 4.69) is 0 Å². The molecule has 1 amide bonds. The molecule has 2 aromatic rings. The van der Waals surface area contributed by atoms with E-state index < -0.39 is 0 Å². The molecule has 0 aliphatic carbocycles. The number of amides is 1. The van der Waals surface area contributed by atoms with Crippen LogP contribution < -0.4 is 15.4 Å². The molecule has 0 bridgehead atoms. The minimum atomic E-state index is -0.107. The van der Waals surface area contributed by atoms with Crippen LogP contribution in [0.3, 0.4) is 0 Å². The number of halogens is 1. The van der Waals surface area contributed by atoms with E-state index in [0.717, 1.165) is 16.8 Å². The highest BCUT2D eigenvalue weighted by Gasteiger charge is 2.26. The van der Waals surface area contributed by atoms with Gasteiger partial charge in [0.2, 0.25) is 0 Å². The summed E-state index contributed by atoms with van der Waals surface area (Å²) in [5.74, 6) is 0.602. The normalized spacial score (nSPS) is 15.2. The highest BCUT2D eigenvalue weighted by Crippen LogP contribution is 2.35. The second-order valence-corrected chi connectivity index (χ2v) is 5.78. The van der Waals surface area contributed by atoms with Crippen molar-refractivity contribution in [3.8, 4) is 5.75 Å². The lowest BCUT2D eigenvalue weighted by atomic mass is 10.1. The van der Waals surface area contributed by atoms with Crippen LogP contribution in [0.15, 0.2) is 42.5 Å². The number of nitrogens with zero attached hydrogens (tertiary/aromatic N) is 1. The van der Waals surface area contributed by atoms with E-state index in [4.69, 9.17) is 22.1 Å². The fourth-order valence-electron chi connectivity index (χ4n) is 2.47. The number of nitrogens with two attached hydrogens (primary N) is 1. The number of benzene rings is 2. The van der Waals surface area contributed by atoms with Crippen LogP contribution in [0, 0.1) is 0 Å². The van der Waals surface area contributed by atoms with Crippen molar-refractivity contribution < 1.29 is 9.53 Å². The summed E-state index contributed by atoms with van der Waals surface area (Å²) in [4.78, 5) is 14.0. The Morgan fingerprint density at radius 1 is 1.32 bits per heavy atom. The number of hydrogen-bond acceptors (Lipinski definition) is 3. The van der Waals surface area contributed by atoms with Crippen molar-refractivity contribution in [3.05, 3.63) is 58.6 Å². The SMILES string of the molecule is CC(N)c1ccc2c(c1)N(Cc1ccccc1Cl)C(=O)CO2. The van der Waals surface area contributed by atoms with Gasteiger partial charge in [-0.15, -0.1) is 0 Å². The number of carbonyl (C=O) groups excluding carboxylic acids is 1. The van der Waals surface area contributed by atoms with Crippen molar-refractivity contribution >= 4 is 23.2 Å². The maximum Gasteiger partial charge on any atom is 0.265 e. The van der Waals surface area contributed by atoms with Crippen molar-refractivity contribution in [1.29, 1.82) is 0 Å². The average Bonchev–Trinajstić information content (AvgIpc) is 2.51. The summed E-state index contributed by atoms with van der Waals surface area (Å²) in [6.07, 6.45) is 0. The molecule has 1 aliphatic heterocycles. The Morgan fingerprint density at radius 3 is 2.82 bits per heavy atom. The van der Waals surface area contributed by atoms with E-state index in [9.17, 15) is 4.79 Å². The molecule has 0 saturated carbocycles. The van der Waals surface area contributed by atoms with Gasteiger partial charge in [-0.25, -0.2) is 0 Å². The molecule has 0 fully saturated rings. The molecule has 0 radical (unpaired) electrons. The zero-order valence-electron chi connectivity index (χ0n) is 12.3. The lowest BCUT2D eigenvalue weighted by Crippen LogP contribution is -2.38. The van der Waals surface area contributed by atoms with Gasteiger partial charge >= 0.3 is 0 Å². The van der Waals surface area contributed by atoms with Crippen LogP contribution in [0.4, 0.5) is 5.69 Å². The number of anilines is 1. The van der Waals surface area contributed by atoms with Gasteiger partial charge in [-0.2, -0.15) is 0 Å². The number of carbonyl (C=O) groups is 1. The van der Waals surface area contributed by atoms with Crippen molar-refractivity contribution in [3.63, 3.8) is 0 Å². The minimum Gasteiger partial charge on any atom is -0.482 e. The Morgan fingerprint density at radius 2 is 2.09 bits per heavy atom. The molecule has 5 heteroatoms. The zero-order chi connectivity index (χ0) is 15.7. The molecule has 114 valence electrons. The van der Waals surface area contributed by atoms with Gasteiger partial charge in [-0.05, 0) is 36.2 Å². The van der Waals surface area contributed by atoms with Gasteiger partial charge in [0.1, 0.15) is 5.75 Å². The van der Waals surface area contributed by atoms with Crippen LogP contribution in [-0.2, 0) is 11.3 Å². The summed E-state index contributed by atoms with van der Waals surface area (Å²) >= 11 is 6.21. The molecule has 1 heterocycles. The fraction of sp³-hybridized carbons (Fsp3) is 0.235. The van der Waals surface area contributed by atoms with Gasteiger partial charge in [0.05, 0.1) is 12.2 Å². The molecule has 22 heavy (non-hydrogen) atoms. The quantitative estimate of drug-likeness (QED) is 0.945. The topological polar surface area (TPSA) is 55.6 Å². The predicted molar refractivity (Wildman–Crippen MR) is 87.2 cm³/mol. The highest BCUT2D eigenvalue weighted by molar-refractivity contribution is 6.31. The van der Waals surface area contributed by atoms with Crippen molar-refractivity contribution in [2.45, 2.75) is 19.5 Å². The first-order valence-electron chi connectivity index (χ1n) is 7.12. The average molecular weight is 317 g/mol. The Hall–Kier alpha value is -2.04. The fourth-order valence-corrected chi connectivity index (χ4v) is 2.67. The molecule has 2 aromatic carbocycles. The first kappa shape index (κ1) is 14.9. The maximum atomic E-state index is 12.3. The lowest BCUT2D eigenvalue weighted by molar-refractivity contribution is -0.121. The molecule has 1 atom stereocenters. The smallest absolute Gasteiger partial charge is 0.265 e. The van der Waals surface area contributed by atoms with Crippen molar-refractivity contribution in [2.75, 3.05) is 11.5 Å². The molecule has 0 spiro atoms. The van der Waals surface area contributed by atoms with Crippen molar-refractivity contribution in [1.82, 2.24) is 0 Å². The molecule has 3 rings (SSSR count). The number of fused-ring (bicyclic) bond motifs is 1. The van der Waals surface area contributed by atoms with Crippen molar-refractivity contribution in [2.24, 2.45) is 5.73 Å². The van der Waals surface area contributed by atoms with Crippen LogP contribution in [-0.4, -0.2) is 12.5 Å². The first-order valence-corrected chi connectivity index (χ1v) is 7.50. The largest absolute Gasteiger partial charge is 0.482 e. The minimum absolute atomic E-state index is 0.0367. The van der Waals surface area contributed by atoms with E-state index in [1.807, 2.05) is 49.4 Å². The highest BCUT2D eigenvalue weighted by atomic mass is 35.5. The molecule has 0 aromatic heterocycles. The summed E-state index contributed by atoms with van der Waals surface area (Å²) < 4.78 is 5.50. The van der Waals surface area contributed by atoms with Gasteiger partial charge in [-0.3, -0.25) is 4.79 Å². The Bertz CT molecular complexity index is 716. The van der Waals surface area contributed by atoms with Crippen LogP contribution in [0.25, 0.3) is 0 Å². The third kappa shape index (κ3) is 2.80. The zero-order valence-corrected chi connectivity index (χ0v) is 13.0. The second kappa shape index (κ2) is 5.99. The van der Waals surface area contributed by atoms with Crippen LogP contribution in [0.2, 0.25) is 5.02 Å². The molecule has 1 unspecified atom stereocenters. The molecular weight excluding hydrogens is 300 g/mol. The third-order valence-electron chi connectivity index (χ3n) is 3.74. The second-order valence-electron chi connectivity index (χ2n) is 5.38. The summed E-state index contributed by atoms with van der Waals surface area (Å²) in [5.41, 5.74) is 8.54. The number of ether oxygens (including phenoxy) is 1. The monoisotopic (exact) mass is 316 g/mol. The van der Waals surface area contributed by atoms with E-state index in [0.29, 0.717) is 17.3 Å². The van der Waals surface area contributed by atoms with Gasteiger partial charge in [0, 0.05) is 11.1 Å². The van der Waals surface area contributed by atoms with Gasteiger partial charge < -0.3 is 15.4 Å². The maximum absolute atomic E-state index is 12.3. The third-order valence-corrected chi connectivity index (χ3v) is 4.11. The Kier molecular flexibility index (Phi) is 4.05. The summed E-state index contributed by atoms with van der Waals surface area (Å²) in [6, 6.07) is 13.1.